The number of piperidine rings is 1. The van der Waals surface area contributed by atoms with Gasteiger partial charge in [-0.1, -0.05) is 18.9 Å². The number of ketones is 1. The normalized spacial score (nSPS) is 27.4. The maximum atomic E-state index is 13.0. The number of fused-ring (bicyclic) bond motifs is 1. The van der Waals surface area contributed by atoms with Crippen LogP contribution in [-0.4, -0.2) is 42.0 Å². The Hall–Kier alpha value is -2.04. The quantitative estimate of drug-likeness (QED) is 0.714. The molecule has 1 saturated carbocycles. The number of Topliss-reactive ketones (excluding diaryl/α,β-unsaturated/α-hetero) is 1. The van der Waals surface area contributed by atoms with Gasteiger partial charge in [-0.15, -0.1) is 12.4 Å². The highest BCUT2D eigenvalue weighted by Crippen LogP contribution is 2.56. The van der Waals surface area contributed by atoms with E-state index < -0.39 is 0 Å². The minimum absolute atomic E-state index is 0. The first-order valence-corrected chi connectivity index (χ1v) is 10.8. The summed E-state index contributed by atoms with van der Waals surface area (Å²) in [4.78, 5) is 15.4. The second-order valence-corrected chi connectivity index (χ2v) is 8.99. The fourth-order valence-electron chi connectivity index (χ4n) is 6.32. The average Bonchev–Trinajstić information content (AvgIpc) is 2.76. The molecule has 2 bridgehead atoms. The van der Waals surface area contributed by atoms with Crippen molar-refractivity contribution in [2.24, 2.45) is 5.92 Å². The summed E-state index contributed by atoms with van der Waals surface area (Å²) in [5, 5.41) is 10.1. The van der Waals surface area contributed by atoms with E-state index in [-0.39, 0.29) is 23.6 Å². The lowest BCUT2D eigenvalue weighted by atomic mass is 9.52. The van der Waals surface area contributed by atoms with E-state index in [0.29, 0.717) is 24.3 Å². The zero-order valence-electron chi connectivity index (χ0n) is 17.5. The zero-order chi connectivity index (χ0) is 20.0. The van der Waals surface area contributed by atoms with Gasteiger partial charge in [0.2, 0.25) is 0 Å². The molecule has 1 N–H and O–H groups in total. The molecule has 2 aromatic rings. The number of likely N-dealkylation sites (tertiary alicyclic amines) is 1. The summed E-state index contributed by atoms with van der Waals surface area (Å²) in [6, 6.07) is 13.8. The third kappa shape index (κ3) is 3.40. The van der Waals surface area contributed by atoms with Gasteiger partial charge in [0.1, 0.15) is 11.5 Å². The molecule has 5 rings (SSSR count). The van der Waals surface area contributed by atoms with E-state index in [4.69, 9.17) is 4.74 Å². The fraction of sp³-hybridized carbons (Fsp3) is 0.480. The third-order valence-corrected chi connectivity index (χ3v) is 7.69. The first-order valence-electron chi connectivity index (χ1n) is 10.8. The van der Waals surface area contributed by atoms with Crippen LogP contribution in [0.4, 0.5) is 0 Å². The summed E-state index contributed by atoms with van der Waals surface area (Å²) in [6.45, 7) is 1.44. The number of nitrogens with zero attached hydrogens (tertiary/aromatic N) is 1. The number of aromatic hydroxyl groups is 1. The molecule has 1 aliphatic heterocycles. The zero-order valence-corrected chi connectivity index (χ0v) is 18.3. The smallest absolute Gasteiger partial charge is 0.176 e. The summed E-state index contributed by atoms with van der Waals surface area (Å²) >= 11 is 0. The standard InChI is InChI=1S/C25H29NO3.ClH/c1-29-20-9-6-17(7-10-20)24(28)16-26-13-12-25-11-3-2-4-21(25)23(26)14-18-5-8-19(27)15-22(18)25;/h5-10,15,21,23,27H,2-4,11-14,16H2,1H3;1H/t21-,23-,25-;/m0./s1. The molecule has 2 fully saturated rings. The van der Waals surface area contributed by atoms with Crippen LogP contribution >= 0.6 is 12.4 Å². The first-order chi connectivity index (χ1) is 14.1. The lowest BCUT2D eigenvalue weighted by Crippen LogP contribution is -2.61. The van der Waals surface area contributed by atoms with Crippen molar-refractivity contribution in [1.82, 2.24) is 4.90 Å². The molecule has 0 radical (unpaired) electrons. The van der Waals surface area contributed by atoms with Crippen LogP contribution in [0.3, 0.4) is 0 Å². The number of hydrogen-bond donors (Lipinski definition) is 1. The van der Waals surface area contributed by atoms with Gasteiger partial charge in [0.25, 0.3) is 0 Å². The molecule has 5 heteroatoms. The molecule has 0 amide bonds. The minimum atomic E-state index is 0. The number of hydrogen-bond acceptors (Lipinski definition) is 4. The van der Waals surface area contributed by atoms with E-state index in [1.807, 2.05) is 36.4 Å². The van der Waals surface area contributed by atoms with Crippen LogP contribution in [0.5, 0.6) is 11.5 Å². The first kappa shape index (κ1) is 21.2. The summed E-state index contributed by atoms with van der Waals surface area (Å²) in [5.74, 6) is 1.94. The molecule has 2 aliphatic carbocycles. The van der Waals surface area contributed by atoms with Gasteiger partial charge in [-0.2, -0.15) is 0 Å². The number of rotatable bonds is 4. The number of methoxy groups -OCH3 is 1. The summed E-state index contributed by atoms with van der Waals surface area (Å²) in [6.07, 6.45) is 7.05. The molecule has 0 spiro atoms. The van der Waals surface area contributed by atoms with Gasteiger partial charge >= 0.3 is 0 Å². The van der Waals surface area contributed by atoms with E-state index in [9.17, 15) is 9.90 Å². The van der Waals surface area contributed by atoms with E-state index in [1.165, 1.54) is 36.8 Å². The highest BCUT2D eigenvalue weighted by Gasteiger charge is 2.53. The van der Waals surface area contributed by atoms with Crippen LogP contribution < -0.4 is 4.74 Å². The van der Waals surface area contributed by atoms with Crippen molar-refractivity contribution in [3.63, 3.8) is 0 Å². The predicted molar refractivity (Wildman–Crippen MR) is 120 cm³/mol. The predicted octanol–water partition coefficient (Wildman–Crippen LogP) is 4.76. The van der Waals surface area contributed by atoms with E-state index >= 15 is 0 Å². The minimum Gasteiger partial charge on any atom is -0.508 e. The van der Waals surface area contributed by atoms with Gasteiger partial charge in [-0.3, -0.25) is 9.69 Å². The number of ether oxygens (including phenoxy) is 1. The maximum absolute atomic E-state index is 13.0. The molecule has 2 aromatic carbocycles. The van der Waals surface area contributed by atoms with Gasteiger partial charge in [-0.05, 0) is 85.7 Å². The second-order valence-electron chi connectivity index (χ2n) is 8.99. The van der Waals surface area contributed by atoms with E-state index in [2.05, 4.69) is 11.0 Å². The Balaban J connectivity index is 0.00000218. The summed E-state index contributed by atoms with van der Waals surface area (Å²) < 4.78 is 5.21. The molecular formula is C25H30ClNO3. The van der Waals surface area contributed by atoms with Crippen molar-refractivity contribution in [3.8, 4) is 11.5 Å². The Morgan fingerprint density at radius 1 is 1.17 bits per heavy atom. The van der Waals surface area contributed by atoms with Crippen molar-refractivity contribution in [3.05, 3.63) is 59.2 Å². The molecule has 1 saturated heterocycles. The maximum Gasteiger partial charge on any atom is 0.176 e. The van der Waals surface area contributed by atoms with Crippen LogP contribution in [0.1, 0.15) is 53.6 Å². The second kappa shape index (κ2) is 8.24. The molecule has 3 aliphatic rings. The lowest BCUT2D eigenvalue weighted by Gasteiger charge is -2.59. The SMILES string of the molecule is COc1ccc(C(=O)CN2CC[C@@]34CCCC[C@H]3[C@@H]2Cc2ccc(O)cc24)cc1.Cl. The van der Waals surface area contributed by atoms with Crippen molar-refractivity contribution in [1.29, 1.82) is 0 Å². The fourth-order valence-corrected chi connectivity index (χ4v) is 6.32. The Morgan fingerprint density at radius 2 is 1.97 bits per heavy atom. The monoisotopic (exact) mass is 427 g/mol. The number of carbonyl (C=O) groups excluding carboxylic acids is 1. The number of phenols is 1. The molecular weight excluding hydrogens is 398 g/mol. The largest absolute Gasteiger partial charge is 0.508 e. The van der Waals surface area contributed by atoms with Crippen LogP contribution in [0.25, 0.3) is 0 Å². The highest BCUT2D eigenvalue weighted by molar-refractivity contribution is 5.97. The number of benzene rings is 2. The number of halogens is 1. The van der Waals surface area contributed by atoms with E-state index in [0.717, 1.165) is 30.7 Å². The topological polar surface area (TPSA) is 49.8 Å². The molecule has 30 heavy (non-hydrogen) atoms. The molecule has 1 heterocycles. The van der Waals surface area contributed by atoms with Crippen LogP contribution in [-0.2, 0) is 11.8 Å². The van der Waals surface area contributed by atoms with Crippen LogP contribution in [0, 0.1) is 5.92 Å². The number of carbonyl (C=O) groups is 1. The van der Waals surface area contributed by atoms with Crippen molar-refractivity contribution in [2.75, 3.05) is 20.2 Å². The average molecular weight is 428 g/mol. The van der Waals surface area contributed by atoms with E-state index in [1.54, 1.807) is 7.11 Å². The summed E-state index contributed by atoms with van der Waals surface area (Å²) in [5.41, 5.74) is 3.70. The van der Waals surface area contributed by atoms with Gasteiger partial charge in [0.05, 0.1) is 13.7 Å². The molecule has 0 unspecified atom stereocenters. The van der Waals surface area contributed by atoms with Crippen molar-refractivity contribution < 1.29 is 14.6 Å². The van der Waals surface area contributed by atoms with Crippen LogP contribution in [0.15, 0.2) is 42.5 Å². The highest BCUT2D eigenvalue weighted by atomic mass is 35.5. The molecule has 160 valence electrons. The van der Waals surface area contributed by atoms with Crippen LogP contribution in [0.2, 0.25) is 0 Å². The van der Waals surface area contributed by atoms with Gasteiger partial charge in [0.15, 0.2) is 5.78 Å². The molecule has 4 nitrogen and oxygen atoms in total. The van der Waals surface area contributed by atoms with Crippen molar-refractivity contribution >= 4 is 18.2 Å². The Labute approximate surface area is 184 Å². The molecule has 0 aromatic heterocycles. The van der Waals surface area contributed by atoms with Gasteiger partial charge < -0.3 is 9.84 Å². The third-order valence-electron chi connectivity index (χ3n) is 7.69. The van der Waals surface area contributed by atoms with Gasteiger partial charge in [-0.25, -0.2) is 0 Å². The Kier molecular flexibility index (Phi) is 5.82. The van der Waals surface area contributed by atoms with Crippen molar-refractivity contribution in [2.45, 2.75) is 50.0 Å². The lowest BCUT2D eigenvalue weighted by molar-refractivity contribution is -0.00848. The Morgan fingerprint density at radius 3 is 2.73 bits per heavy atom. The van der Waals surface area contributed by atoms with Gasteiger partial charge in [0, 0.05) is 17.0 Å². The Bertz CT molecular complexity index is 928. The number of phenolic OH excluding ortho intramolecular Hbond substituents is 1. The molecule has 3 atom stereocenters. The summed E-state index contributed by atoms with van der Waals surface area (Å²) in [7, 11) is 1.64.